The molecular weight excluding hydrogens is 412 g/mol. The Labute approximate surface area is 195 Å². The molecule has 0 spiro atoms. The van der Waals surface area contributed by atoms with E-state index in [9.17, 15) is 9.59 Å². The van der Waals surface area contributed by atoms with Crippen molar-refractivity contribution in [2.75, 3.05) is 13.1 Å². The van der Waals surface area contributed by atoms with Gasteiger partial charge in [0.15, 0.2) is 0 Å². The number of nitrogens with zero attached hydrogens (tertiary/aromatic N) is 2. The van der Waals surface area contributed by atoms with E-state index in [1.807, 2.05) is 32.0 Å². The summed E-state index contributed by atoms with van der Waals surface area (Å²) in [5.41, 5.74) is 11.0. The molecule has 3 N–H and O–H groups in total. The number of carbonyl (C=O) groups is 2. The van der Waals surface area contributed by atoms with Crippen LogP contribution in [0.15, 0.2) is 54.6 Å². The maximum atomic E-state index is 13.2. The van der Waals surface area contributed by atoms with Gasteiger partial charge in [0.2, 0.25) is 5.91 Å². The summed E-state index contributed by atoms with van der Waals surface area (Å²) in [6.45, 7) is 7.07. The molecule has 1 fully saturated rings. The van der Waals surface area contributed by atoms with Gasteiger partial charge in [-0.15, -0.1) is 0 Å². The fourth-order valence-corrected chi connectivity index (χ4v) is 4.72. The lowest BCUT2D eigenvalue weighted by atomic mass is 9.74. The average Bonchev–Trinajstić information content (AvgIpc) is 3.29. The van der Waals surface area contributed by atoms with Crippen LogP contribution in [0.4, 0.5) is 0 Å². The number of nitrogens with one attached hydrogen (secondary N) is 1. The fraction of sp³-hybridized carbons (Fsp3) is 0.370. The SMILES string of the molecule is Cc1cccc(-c2cccc(CC3(C(N)=O)CCCN(C(=O)c4cc(C(C)C)[nH]n4)C3)c2)c1. The first kappa shape index (κ1) is 22.8. The standard InChI is InChI=1S/C27H32N4O2/c1-18(2)23-15-24(30-29-23)25(32)31-12-6-11-27(17-31,26(28)33)16-20-8-5-10-22(14-20)21-9-4-7-19(3)13-21/h4-5,7-10,13-15,18H,6,11-12,16-17H2,1-3H3,(H2,28,33)(H,29,30). The molecule has 1 saturated heterocycles. The van der Waals surface area contributed by atoms with Gasteiger partial charge in [0.25, 0.3) is 5.91 Å². The largest absolute Gasteiger partial charge is 0.369 e. The fourth-order valence-electron chi connectivity index (χ4n) is 4.72. The summed E-state index contributed by atoms with van der Waals surface area (Å²) in [6, 6.07) is 18.4. The zero-order valence-corrected chi connectivity index (χ0v) is 19.6. The number of rotatable bonds is 6. The molecule has 1 unspecified atom stereocenters. The number of amides is 2. The Bertz CT molecular complexity index is 1170. The molecule has 6 nitrogen and oxygen atoms in total. The van der Waals surface area contributed by atoms with Crippen LogP contribution in [-0.2, 0) is 11.2 Å². The Morgan fingerprint density at radius 3 is 2.52 bits per heavy atom. The molecular formula is C27H32N4O2. The summed E-state index contributed by atoms with van der Waals surface area (Å²) in [5, 5.41) is 7.15. The molecule has 6 heteroatoms. The van der Waals surface area contributed by atoms with Crippen molar-refractivity contribution in [3.05, 3.63) is 77.1 Å². The van der Waals surface area contributed by atoms with Crippen molar-refractivity contribution in [2.24, 2.45) is 11.1 Å². The highest BCUT2D eigenvalue weighted by atomic mass is 16.2. The molecule has 2 aromatic carbocycles. The Morgan fingerprint density at radius 2 is 1.85 bits per heavy atom. The van der Waals surface area contributed by atoms with E-state index in [1.165, 1.54) is 5.56 Å². The van der Waals surface area contributed by atoms with Crippen LogP contribution in [0.3, 0.4) is 0 Å². The van der Waals surface area contributed by atoms with Gasteiger partial charge in [-0.3, -0.25) is 14.7 Å². The number of benzene rings is 2. The monoisotopic (exact) mass is 444 g/mol. The van der Waals surface area contributed by atoms with Gasteiger partial charge in [-0.05, 0) is 54.9 Å². The Balaban J connectivity index is 1.57. The lowest BCUT2D eigenvalue weighted by Crippen LogP contribution is -2.53. The molecule has 1 aromatic heterocycles. The van der Waals surface area contributed by atoms with E-state index < -0.39 is 5.41 Å². The summed E-state index contributed by atoms with van der Waals surface area (Å²) in [7, 11) is 0. The molecule has 0 aliphatic carbocycles. The van der Waals surface area contributed by atoms with Crippen LogP contribution in [-0.4, -0.2) is 40.0 Å². The summed E-state index contributed by atoms with van der Waals surface area (Å²) in [5.74, 6) is -0.256. The lowest BCUT2D eigenvalue weighted by molar-refractivity contribution is -0.130. The maximum Gasteiger partial charge on any atom is 0.274 e. The molecule has 1 aliphatic heterocycles. The molecule has 33 heavy (non-hydrogen) atoms. The van der Waals surface area contributed by atoms with Gasteiger partial charge in [-0.25, -0.2) is 0 Å². The molecule has 4 rings (SSSR count). The number of likely N-dealkylation sites (tertiary alicyclic amines) is 1. The smallest absolute Gasteiger partial charge is 0.274 e. The summed E-state index contributed by atoms with van der Waals surface area (Å²) in [4.78, 5) is 27.6. The molecule has 172 valence electrons. The van der Waals surface area contributed by atoms with Gasteiger partial charge in [0.1, 0.15) is 5.69 Å². The Hall–Kier alpha value is -3.41. The zero-order valence-electron chi connectivity index (χ0n) is 19.6. The second-order valence-corrected chi connectivity index (χ2v) is 9.58. The third-order valence-corrected chi connectivity index (χ3v) is 6.65. The van der Waals surface area contributed by atoms with E-state index in [2.05, 4.69) is 47.5 Å². The van der Waals surface area contributed by atoms with Crippen molar-refractivity contribution in [1.29, 1.82) is 0 Å². The number of piperidine rings is 1. The van der Waals surface area contributed by atoms with E-state index in [4.69, 9.17) is 5.73 Å². The van der Waals surface area contributed by atoms with Crippen molar-refractivity contribution in [1.82, 2.24) is 15.1 Å². The number of aromatic amines is 1. The summed E-state index contributed by atoms with van der Waals surface area (Å²) >= 11 is 0. The first-order valence-corrected chi connectivity index (χ1v) is 11.6. The average molecular weight is 445 g/mol. The van der Waals surface area contributed by atoms with Crippen LogP contribution in [0.25, 0.3) is 11.1 Å². The molecule has 0 saturated carbocycles. The second kappa shape index (κ2) is 9.22. The topological polar surface area (TPSA) is 92.1 Å². The summed E-state index contributed by atoms with van der Waals surface area (Å²) < 4.78 is 0. The van der Waals surface area contributed by atoms with Gasteiger partial charge < -0.3 is 10.6 Å². The van der Waals surface area contributed by atoms with E-state index in [1.54, 1.807) is 11.0 Å². The highest BCUT2D eigenvalue weighted by Gasteiger charge is 2.42. The molecule has 0 radical (unpaired) electrons. The number of hydrogen-bond acceptors (Lipinski definition) is 3. The third kappa shape index (κ3) is 4.85. The van der Waals surface area contributed by atoms with Crippen molar-refractivity contribution in [3.63, 3.8) is 0 Å². The van der Waals surface area contributed by atoms with Crippen LogP contribution in [0, 0.1) is 12.3 Å². The predicted molar refractivity (Wildman–Crippen MR) is 130 cm³/mol. The molecule has 3 aromatic rings. The normalized spacial score (nSPS) is 18.5. The molecule has 1 atom stereocenters. The third-order valence-electron chi connectivity index (χ3n) is 6.65. The molecule has 1 aliphatic rings. The van der Waals surface area contributed by atoms with Crippen molar-refractivity contribution in [2.45, 2.75) is 46.0 Å². The van der Waals surface area contributed by atoms with Gasteiger partial charge in [0, 0.05) is 18.8 Å². The lowest BCUT2D eigenvalue weighted by Gasteiger charge is -2.40. The Morgan fingerprint density at radius 1 is 1.12 bits per heavy atom. The van der Waals surface area contributed by atoms with E-state index >= 15 is 0 Å². The van der Waals surface area contributed by atoms with Gasteiger partial charge >= 0.3 is 0 Å². The number of nitrogens with two attached hydrogens (primary N) is 1. The number of H-pyrrole nitrogens is 1. The highest BCUT2D eigenvalue weighted by molar-refractivity contribution is 5.93. The first-order chi connectivity index (χ1) is 15.8. The minimum absolute atomic E-state index is 0.156. The predicted octanol–water partition coefficient (Wildman–Crippen LogP) is 4.46. The molecule has 2 amide bonds. The first-order valence-electron chi connectivity index (χ1n) is 11.6. The van der Waals surface area contributed by atoms with Crippen molar-refractivity contribution in [3.8, 4) is 11.1 Å². The van der Waals surface area contributed by atoms with Gasteiger partial charge in [0.05, 0.1) is 5.41 Å². The molecule has 2 heterocycles. The van der Waals surface area contributed by atoms with Crippen molar-refractivity contribution >= 4 is 11.8 Å². The minimum atomic E-state index is -0.795. The van der Waals surface area contributed by atoms with Crippen molar-refractivity contribution < 1.29 is 9.59 Å². The number of aromatic nitrogens is 2. The molecule has 0 bridgehead atoms. The van der Waals surface area contributed by atoms with Crippen LogP contribution in [0.1, 0.15) is 59.9 Å². The number of hydrogen-bond donors (Lipinski definition) is 2. The minimum Gasteiger partial charge on any atom is -0.369 e. The van der Waals surface area contributed by atoms with Gasteiger partial charge in [-0.1, -0.05) is 67.9 Å². The van der Waals surface area contributed by atoms with Crippen LogP contribution in [0.5, 0.6) is 0 Å². The van der Waals surface area contributed by atoms with Crippen LogP contribution >= 0.6 is 0 Å². The zero-order chi connectivity index (χ0) is 23.6. The highest BCUT2D eigenvalue weighted by Crippen LogP contribution is 2.35. The van der Waals surface area contributed by atoms with E-state index in [0.29, 0.717) is 31.6 Å². The summed E-state index contributed by atoms with van der Waals surface area (Å²) in [6.07, 6.45) is 1.90. The quantitative estimate of drug-likeness (QED) is 0.588. The van der Waals surface area contributed by atoms with E-state index in [0.717, 1.165) is 28.8 Å². The van der Waals surface area contributed by atoms with Gasteiger partial charge in [-0.2, -0.15) is 5.10 Å². The van der Waals surface area contributed by atoms with E-state index in [-0.39, 0.29) is 17.7 Å². The number of primary amides is 1. The van der Waals surface area contributed by atoms with Crippen LogP contribution < -0.4 is 5.73 Å². The number of aryl methyl sites for hydroxylation is 1. The maximum absolute atomic E-state index is 13.2. The number of carbonyl (C=O) groups excluding carboxylic acids is 2. The Kier molecular flexibility index (Phi) is 6.36. The van der Waals surface area contributed by atoms with Crippen LogP contribution in [0.2, 0.25) is 0 Å². The second-order valence-electron chi connectivity index (χ2n) is 9.58.